The van der Waals surface area contributed by atoms with Gasteiger partial charge in [0, 0.05) is 29.5 Å². The third-order valence-electron chi connectivity index (χ3n) is 4.89. The fraction of sp³-hybridized carbons (Fsp3) is 0.333. The largest absolute Gasteiger partial charge is 0.305 e. The maximum absolute atomic E-state index is 14.7. The van der Waals surface area contributed by atoms with Crippen LogP contribution in [0.2, 0.25) is 0 Å². The SMILES string of the molecule is CCCCN(P1(=O)CC=C(C)C1)P(=O)(c1ccccc1)c1ccccc1. The molecular formula is C21H27NO2P2. The van der Waals surface area contributed by atoms with Crippen LogP contribution in [0.3, 0.4) is 0 Å². The summed E-state index contributed by atoms with van der Waals surface area (Å²) in [6.07, 6.45) is 4.98. The molecule has 138 valence electrons. The Morgan fingerprint density at radius 1 is 1.00 bits per heavy atom. The lowest BCUT2D eigenvalue weighted by Gasteiger charge is -2.36. The Balaban J connectivity index is 2.17. The molecule has 5 heteroatoms. The lowest BCUT2D eigenvalue weighted by atomic mass is 10.3. The number of hydrogen-bond acceptors (Lipinski definition) is 2. The minimum Gasteiger partial charge on any atom is -0.305 e. The van der Waals surface area contributed by atoms with E-state index in [1.54, 1.807) is 0 Å². The average molecular weight is 387 g/mol. The summed E-state index contributed by atoms with van der Waals surface area (Å²) in [5, 5.41) is 1.53. The quantitative estimate of drug-likeness (QED) is 0.481. The van der Waals surface area contributed by atoms with Crippen LogP contribution in [0.15, 0.2) is 72.3 Å². The Morgan fingerprint density at radius 2 is 1.54 bits per heavy atom. The second-order valence-corrected chi connectivity index (χ2v) is 12.8. The maximum atomic E-state index is 14.7. The molecule has 2 aromatic rings. The van der Waals surface area contributed by atoms with Crippen LogP contribution < -0.4 is 10.6 Å². The highest BCUT2D eigenvalue weighted by molar-refractivity contribution is 7.85. The molecule has 0 aliphatic carbocycles. The van der Waals surface area contributed by atoms with Crippen molar-refractivity contribution in [3.8, 4) is 0 Å². The van der Waals surface area contributed by atoms with Gasteiger partial charge in [0.15, 0.2) is 7.29 Å². The van der Waals surface area contributed by atoms with Gasteiger partial charge in [-0.2, -0.15) is 4.44 Å². The standard InChI is InChI=1S/C21H27NO2P2/c1-3-4-16-22(25(23)17-15-19(2)18-25)26(24,20-11-7-5-8-12-20)21-13-9-6-10-14-21/h5-15H,3-4,16-18H2,1-2H3. The van der Waals surface area contributed by atoms with Gasteiger partial charge < -0.3 is 4.57 Å². The van der Waals surface area contributed by atoms with Crippen LogP contribution in [0.5, 0.6) is 0 Å². The maximum Gasteiger partial charge on any atom is 0.212 e. The molecule has 26 heavy (non-hydrogen) atoms. The van der Waals surface area contributed by atoms with Crippen molar-refractivity contribution < 1.29 is 9.13 Å². The highest BCUT2D eigenvalue weighted by atomic mass is 31.2. The van der Waals surface area contributed by atoms with Gasteiger partial charge in [0.05, 0.1) is 0 Å². The molecule has 0 fully saturated rings. The van der Waals surface area contributed by atoms with Gasteiger partial charge in [-0.25, -0.2) is 0 Å². The minimum absolute atomic E-state index is 0.520. The number of nitrogens with zero attached hydrogens (tertiary/aromatic N) is 1. The topological polar surface area (TPSA) is 37.4 Å². The first-order valence-electron chi connectivity index (χ1n) is 9.24. The Hall–Kier alpha value is -1.40. The molecule has 0 spiro atoms. The lowest BCUT2D eigenvalue weighted by Crippen LogP contribution is -2.32. The first-order valence-corrected chi connectivity index (χ1v) is 12.9. The zero-order valence-electron chi connectivity index (χ0n) is 15.5. The van der Waals surface area contributed by atoms with Crippen molar-refractivity contribution in [3.63, 3.8) is 0 Å². The minimum atomic E-state index is -3.17. The Labute approximate surface area is 157 Å². The van der Waals surface area contributed by atoms with Crippen molar-refractivity contribution in [3.05, 3.63) is 72.3 Å². The van der Waals surface area contributed by atoms with Gasteiger partial charge in [-0.15, -0.1) is 0 Å². The fourth-order valence-electron chi connectivity index (χ4n) is 3.52. The smallest absolute Gasteiger partial charge is 0.212 e. The van der Waals surface area contributed by atoms with Crippen LogP contribution in [-0.4, -0.2) is 23.3 Å². The molecule has 0 bridgehead atoms. The Morgan fingerprint density at radius 3 is 1.96 bits per heavy atom. The molecule has 0 amide bonds. The van der Waals surface area contributed by atoms with Crippen LogP contribution >= 0.6 is 14.6 Å². The van der Waals surface area contributed by atoms with Crippen LogP contribution in [0.25, 0.3) is 0 Å². The first kappa shape index (κ1) is 19.4. The van der Waals surface area contributed by atoms with Crippen molar-refractivity contribution in [2.45, 2.75) is 26.7 Å². The summed E-state index contributed by atoms with van der Waals surface area (Å²) in [6.45, 7) is 4.73. The number of benzene rings is 2. The highest BCUT2D eigenvalue weighted by Gasteiger charge is 2.45. The Bertz CT molecular complexity index is 819. The fourth-order valence-corrected chi connectivity index (χ4v) is 11.3. The molecular weight excluding hydrogens is 360 g/mol. The van der Waals surface area contributed by atoms with Crippen molar-refractivity contribution in [2.24, 2.45) is 0 Å². The molecule has 1 aliphatic rings. The van der Waals surface area contributed by atoms with Crippen molar-refractivity contribution >= 4 is 25.2 Å². The highest BCUT2D eigenvalue weighted by Crippen LogP contribution is 2.67. The normalized spacial score (nSPS) is 20.3. The summed E-state index contributed by atoms with van der Waals surface area (Å²) in [7, 11) is -5.91. The summed E-state index contributed by atoms with van der Waals surface area (Å²) in [6, 6.07) is 19.2. The van der Waals surface area contributed by atoms with E-state index in [0.717, 1.165) is 29.0 Å². The molecule has 3 rings (SSSR count). The van der Waals surface area contributed by atoms with E-state index in [1.165, 1.54) is 0 Å². The van der Waals surface area contributed by atoms with Crippen molar-refractivity contribution in [2.75, 3.05) is 18.9 Å². The van der Waals surface area contributed by atoms with E-state index in [1.807, 2.05) is 72.0 Å². The molecule has 1 atom stereocenters. The van der Waals surface area contributed by atoms with Crippen LogP contribution in [-0.2, 0) is 9.13 Å². The number of allylic oxidation sites excluding steroid dienone is 2. The summed E-state index contributed by atoms with van der Waals surface area (Å²) < 4.78 is 30.5. The number of rotatable bonds is 7. The predicted molar refractivity (Wildman–Crippen MR) is 112 cm³/mol. The monoisotopic (exact) mass is 387 g/mol. The molecule has 3 nitrogen and oxygen atoms in total. The summed E-state index contributed by atoms with van der Waals surface area (Å²) in [4.78, 5) is 0. The Kier molecular flexibility index (Phi) is 6.03. The molecule has 0 saturated heterocycles. The molecule has 2 aromatic carbocycles. The van der Waals surface area contributed by atoms with Gasteiger partial charge in [-0.1, -0.05) is 61.4 Å². The first-order chi connectivity index (χ1) is 12.5. The number of hydrogen-bond donors (Lipinski definition) is 0. The van der Waals surface area contributed by atoms with E-state index in [9.17, 15) is 9.13 Å². The molecule has 1 heterocycles. The van der Waals surface area contributed by atoms with E-state index in [0.29, 0.717) is 18.9 Å². The van der Waals surface area contributed by atoms with E-state index in [-0.39, 0.29) is 0 Å². The molecule has 0 saturated carbocycles. The van der Waals surface area contributed by atoms with Crippen molar-refractivity contribution in [1.82, 2.24) is 4.44 Å². The van der Waals surface area contributed by atoms with Crippen LogP contribution in [0.1, 0.15) is 26.7 Å². The molecule has 0 N–H and O–H groups in total. The summed E-state index contributed by atoms with van der Waals surface area (Å²) in [5.74, 6) is 0. The number of unbranched alkanes of at least 4 members (excludes halogenated alkanes) is 1. The van der Waals surface area contributed by atoms with Crippen molar-refractivity contribution in [1.29, 1.82) is 0 Å². The van der Waals surface area contributed by atoms with Gasteiger partial charge in [-0.05, 0) is 37.6 Å². The summed E-state index contributed by atoms with van der Waals surface area (Å²) >= 11 is 0. The zero-order valence-corrected chi connectivity index (χ0v) is 17.3. The van der Waals surface area contributed by atoms with Crippen LogP contribution in [0.4, 0.5) is 0 Å². The van der Waals surface area contributed by atoms with Gasteiger partial charge in [-0.3, -0.25) is 4.57 Å². The molecule has 0 aromatic heterocycles. The average Bonchev–Trinajstić information content (AvgIpc) is 3.02. The zero-order chi connectivity index (χ0) is 18.6. The van der Waals surface area contributed by atoms with E-state index < -0.39 is 14.6 Å². The second-order valence-electron chi connectivity index (χ2n) is 6.93. The molecule has 1 aliphatic heterocycles. The van der Waals surface area contributed by atoms with Gasteiger partial charge in [0.25, 0.3) is 0 Å². The van der Waals surface area contributed by atoms with Gasteiger partial charge in [0.2, 0.25) is 7.29 Å². The van der Waals surface area contributed by atoms with E-state index in [4.69, 9.17) is 0 Å². The second kappa shape index (κ2) is 8.09. The van der Waals surface area contributed by atoms with Gasteiger partial charge >= 0.3 is 0 Å². The third kappa shape index (κ3) is 3.67. The van der Waals surface area contributed by atoms with E-state index >= 15 is 0 Å². The van der Waals surface area contributed by atoms with Gasteiger partial charge in [0.1, 0.15) is 0 Å². The molecule has 0 radical (unpaired) electrons. The predicted octanol–water partition coefficient (Wildman–Crippen LogP) is 5.26. The lowest BCUT2D eigenvalue weighted by molar-refractivity contribution is 0.498. The summed E-state index contributed by atoms with van der Waals surface area (Å²) in [5.41, 5.74) is 1.14. The molecule has 1 unspecified atom stereocenters. The third-order valence-corrected chi connectivity index (χ3v) is 12.3. The van der Waals surface area contributed by atoms with Crippen LogP contribution in [0, 0.1) is 0 Å². The van der Waals surface area contributed by atoms with E-state index in [2.05, 4.69) is 13.0 Å².